The van der Waals surface area contributed by atoms with E-state index in [-0.39, 0.29) is 17.6 Å². The van der Waals surface area contributed by atoms with Gasteiger partial charge >= 0.3 is 0 Å². The molecule has 0 aliphatic heterocycles. The molecular formula is C16H13N3O3. The van der Waals surface area contributed by atoms with Crippen molar-refractivity contribution in [1.82, 2.24) is 9.78 Å². The molecule has 0 aliphatic carbocycles. The first-order valence-corrected chi connectivity index (χ1v) is 6.76. The van der Waals surface area contributed by atoms with Crippen LogP contribution in [-0.2, 0) is 6.54 Å². The number of hydrogen-bond acceptors (Lipinski definition) is 4. The number of hydrogen-bond donors (Lipinski definition) is 0. The van der Waals surface area contributed by atoms with Crippen LogP contribution in [-0.4, -0.2) is 14.7 Å². The molecule has 0 radical (unpaired) electrons. The molecule has 1 heterocycles. The van der Waals surface area contributed by atoms with Gasteiger partial charge < -0.3 is 0 Å². The third kappa shape index (κ3) is 2.35. The molecule has 0 N–H and O–H groups in total. The van der Waals surface area contributed by atoms with E-state index in [4.69, 9.17) is 0 Å². The van der Waals surface area contributed by atoms with Gasteiger partial charge in [-0.25, -0.2) is 4.68 Å². The van der Waals surface area contributed by atoms with Gasteiger partial charge in [0.25, 0.3) is 11.2 Å². The molecule has 6 nitrogen and oxygen atoms in total. The van der Waals surface area contributed by atoms with E-state index in [1.165, 1.54) is 10.7 Å². The molecule has 0 saturated carbocycles. The second-order valence-electron chi connectivity index (χ2n) is 4.99. The molecule has 0 atom stereocenters. The lowest BCUT2D eigenvalue weighted by atomic mass is 10.1. The summed E-state index contributed by atoms with van der Waals surface area (Å²) in [4.78, 5) is 23.3. The molecular weight excluding hydrogens is 282 g/mol. The van der Waals surface area contributed by atoms with Crippen LogP contribution in [0.4, 0.5) is 5.69 Å². The Labute approximate surface area is 125 Å². The van der Waals surface area contributed by atoms with Crippen LogP contribution >= 0.6 is 0 Å². The molecule has 0 bridgehead atoms. The van der Waals surface area contributed by atoms with Crippen LogP contribution in [0.3, 0.4) is 0 Å². The smallest absolute Gasteiger partial charge is 0.267 e. The molecule has 6 heteroatoms. The van der Waals surface area contributed by atoms with Gasteiger partial charge in [-0.1, -0.05) is 42.5 Å². The quantitative estimate of drug-likeness (QED) is 0.549. The third-order valence-electron chi connectivity index (χ3n) is 3.52. The van der Waals surface area contributed by atoms with Crippen molar-refractivity contribution in [3.05, 3.63) is 80.3 Å². The van der Waals surface area contributed by atoms with Gasteiger partial charge in [0.15, 0.2) is 0 Å². The minimum Gasteiger partial charge on any atom is -0.267 e. The highest BCUT2D eigenvalue weighted by Crippen LogP contribution is 2.23. The monoisotopic (exact) mass is 295 g/mol. The van der Waals surface area contributed by atoms with Crippen molar-refractivity contribution in [1.29, 1.82) is 0 Å². The average molecular weight is 295 g/mol. The van der Waals surface area contributed by atoms with Crippen LogP contribution in [0.15, 0.2) is 53.3 Å². The van der Waals surface area contributed by atoms with Gasteiger partial charge in [-0.2, -0.15) is 5.10 Å². The second kappa shape index (κ2) is 5.40. The Bertz CT molecular complexity index is 917. The molecule has 2 aromatic carbocycles. The van der Waals surface area contributed by atoms with E-state index in [9.17, 15) is 14.9 Å². The van der Waals surface area contributed by atoms with Crippen molar-refractivity contribution in [2.75, 3.05) is 0 Å². The maximum Gasteiger partial charge on any atom is 0.282 e. The van der Waals surface area contributed by atoms with Gasteiger partial charge in [0.1, 0.15) is 5.39 Å². The van der Waals surface area contributed by atoms with E-state index in [2.05, 4.69) is 5.10 Å². The lowest BCUT2D eigenvalue weighted by Crippen LogP contribution is -2.25. The Kier molecular flexibility index (Phi) is 3.42. The van der Waals surface area contributed by atoms with E-state index in [0.29, 0.717) is 11.1 Å². The molecule has 0 unspecified atom stereocenters. The largest absolute Gasteiger partial charge is 0.282 e. The highest BCUT2D eigenvalue weighted by atomic mass is 16.6. The zero-order chi connectivity index (χ0) is 15.7. The first kappa shape index (κ1) is 13.9. The number of non-ortho nitro benzene ring substituents is 1. The maximum absolute atomic E-state index is 12.6. The van der Waals surface area contributed by atoms with Crippen molar-refractivity contribution in [2.24, 2.45) is 0 Å². The zero-order valence-corrected chi connectivity index (χ0v) is 11.9. The molecule has 110 valence electrons. The van der Waals surface area contributed by atoms with Crippen molar-refractivity contribution in [3.63, 3.8) is 0 Å². The fourth-order valence-corrected chi connectivity index (χ4v) is 2.49. The maximum atomic E-state index is 12.6. The van der Waals surface area contributed by atoms with Gasteiger partial charge in [0.05, 0.1) is 17.2 Å². The van der Waals surface area contributed by atoms with E-state index in [1.807, 2.05) is 30.3 Å². The Hall–Kier alpha value is -3.02. The molecule has 0 amide bonds. The number of benzene rings is 2. The Morgan fingerprint density at radius 2 is 1.86 bits per heavy atom. The van der Waals surface area contributed by atoms with Crippen LogP contribution in [0.5, 0.6) is 0 Å². The van der Waals surface area contributed by atoms with Crippen LogP contribution in [0.1, 0.15) is 11.3 Å². The predicted octanol–water partition coefficient (Wildman–Crippen LogP) is 2.66. The van der Waals surface area contributed by atoms with E-state index in [1.54, 1.807) is 19.1 Å². The lowest BCUT2D eigenvalue weighted by Gasteiger charge is -2.09. The third-order valence-corrected chi connectivity index (χ3v) is 3.52. The zero-order valence-electron chi connectivity index (χ0n) is 11.9. The van der Waals surface area contributed by atoms with Crippen LogP contribution in [0, 0.1) is 17.0 Å². The number of aromatic nitrogens is 2. The normalized spacial score (nSPS) is 10.8. The van der Waals surface area contributed by atoms with Gasteiger partial charge in [-0.05, 0) is 12.5 Å². The number of fused-ring (bicyclic) bond motifs is 1. The van der Waals surface area contributed by atoms with Crippen LogP contribution < -0.4 is 5.56 Å². The fraction of sp³-hybridized carbons (Fsp3) is 0.125. The standard InChI is InChI=1S/C16H13N3O3/c1-11-13-8-5-9-14(19(21)22)15(13)16(20)18(17-11)10-12-6-3-2-4-7-12/h2-9H,10H2,1H3. The highest BCUT2D eigenvalue weighted by Gasteiger charge is 2.18. The molecule has 1 aromatic heterocycles. The van der Waals surface area contributed by atoms with Crippen molar-refractivity contribution < 1.29 is 4.92 Å². The van der Waals surface area contributed by atoms with E-state index in [0.717, 1.165) is 5.56 Å². The summed E-state index contributed by atoms with van der Waals surface area (Å²) >= 11 is 0. The van der Waals surface area contributed by atoms with E-state index >= 15 is 0 Å². The van der Waals surface area contributed by atoms with Crippen molar-refractivity contribution >= 4 is 16.5 Å². The Morgan fingerprint density at radius 1 is 1.14 bits per heavy atom. The first-order valence-electron chi connectivity index (χ1n) is 6.76. The highest BCUT2D eigenvalue weighted by molar-refractivity contribution is 5.91. The molecule has 22 heavy (non-hydrogen) atoms. The second-order valence-corrected chi connectivity index (χ2v) is 4.99. The van der Waals surface area contributed by atoms with Gasteiger partial charge in [-0.3, -0.25) is 14.9 Å². The van der Waals surface area contributed by atoms with Gasteiger partial charge in [0, 0.05) is 11.5 Å². The number of nitro groups is 1. The predicted molar refractivity (Wildman–Crippen MR) is 82.9 cm³/mol. The van der Waals surface area contributed by atoms with Crippen molar-refractivity contribution in [3.8, 4) is 0 Å². The summed E-state index contributed by atoms with van der Waals surface area (Å²) in [6.45, 7) is 2.02. The molecule has 3 aromatic rings. The number of nitrogens with zero attached hydrogens (tertiary/aromatic N) is 3. The topological polar surface area (TPSA) is 78.0 Å². The summed E-state index contributed by atoms with van der Waals surface area (Å²) < 4.78 is 1.28. The van der Waals surface area contributed by atoms with Crippen LogP contribution in [0.2, 0.25) is 0 Å². The minimum absolute atomic E-state index is 0.107. The summed E-state index contributed by atoms with van der Waals surface area (Å²) in [5, 5.41) is 16.1. The summed E-state index contributed by atoms with van der Waals surface area (Å²) in [6, 6.07) is 14.0. The Balaban J connectivity index is 2.25. The van der Waals surface area contributed by atoms with Crippen molar-refractivity contribution in [2.45, 2.75) is 13.5 Å². The molecule has 0 aliphatic rings. The average Bonchev–Trinajstić information content (AvgIpc) is 2.52. The summed E-state index contributed by atoms with van der Waals surface area (Å²) in [5.74, 6) is 0. The minimum atomic E-state index is -0.532. The number of aryl methyl sites for hydroxylation is 1. The summed E-state index contributed by atoms with van der Waals surface area (Å²) in [5.41, 5.74) is 0.871. The molecule has 0 spiro atoms. The van der Waals surface area contributed by atoms with Gasteiger partial charge in [-0.15, -0.1) is 0 Å². The molecule has 3 rings (SSSR count). The van der Waals surface area contributed by atoms with E-state index < -0.39 is 10.5 Å². The summed E-state index contributed by atoms with van der Waals surface area (Å²) in [7, 11) is 0. The first-order chi connectivity index (χ1) is 10.6. The molecule has 0 saturated heterocycles. The summed E-state index contributed by atoms with van der Waals surface area (Å²) in [6.07, 6.45) is 0. The number of rotatable bonds is 3. The Morgan fingerprint density at radius 3 is 2.55 bits per heavy atom. The molecule has 0 fully saturated rings. The van der Waals surface area contributed by atoms with Gasteiger partial charge in [0.2, 0.25) is 0 Å². The fourth-order valence-electron chi connectivity index (χ4n) is 2.49. The SMILES string of the molecule is Cc1nn(Cc2ccccc2)c(=O)c2c([N+](=O)[O-])cccc12. The lowest BCUT2D eigenvalue weighted by molar-refractivity contribution is -0.383. The van der Waals surface area contributed by atoms with Crippen LogP contribution in [0.25, 0.3) is 10.8 Å². The number of nitro benzene ring substituents is 1.